The summed E-state index contributed by atoms with van der Waals surface area (Å²) in [5.74, 6) is 0. The first kappa shape index (κ1) is 16.8. The van der Waals surface area contributed by atoms with Crippen molar-refractivity contribution in [2.75, 3.05) is 38.0 Å². The van der Waals surface area contributed by atoms with E-state index in [4.69, 9.17) is 4.74 Å². The summed E-state index contributed by atoms with van der Waals surface area (Å²) in [6.07, 6.45) is 0.580. The van der Waals surface area contributed by atoms with E-state index < -0.39 is 11.7 Å². The van der Waals surface area contributed by atoms with Gasteiger partial charge in [0.15, 0.2) is 0 Å². The maximum absolute atomic E-state index is 11.8. The van der Waals surface area contributed by atoms with Crippen molar-refractivity contribution >= 4 is 11.8 Å². The Morgan fingerprint density at radius 3 is 2.73 bits per heavy atom. The average Bonchev–Trinajstić information content (AvgIpc) is 2.44. The molecule has 1 aliphatic heterocycles. The second-order valence-corrected chi connectivity index (χ2v) is 6.67. The topological polar surface area (TPSA) is 53.6 Å². The Hall–Kier alpha value is -1.59. The molecular formula is C17H27N3O2. The monoisotopic (exact) mass is 305 g/mol. The van der Waals surface area contributed by atoms with Gasteiger partial charge in [-0.05, 0) is 44.9 Å². The minimum absolute atomic E-state index is 0.410. The van der Waals surface area contributed by atoms with Gasteiger partial charge in [-0.15, -0.1) is 0 Å². The molecule has 122 valence electrons. The zero-order chi connectivity index (χ0) is 16.0. The van der Waals surface area contributed by atoms with Crippen molar-refractivity contribution in [1.29, 1.82) is 0 Å². The van der Waals surface area contributed by atoms with E-state index in [0.717, 1.165) is 44.8 Å². The number of hydrogen-bond donors (Lipinski definition) is 2. The molecule has 5 nitrogen and oxygen atoms in total. The summed E-state index contributed by atoms with van der Waals surface area (Å²) in [6.45, 7) is 11.0. The number of hydrogen-bond acceptors (Lipinski definition) is 4. The number of carbonyl (C=O) groups is 1. The van der Waals surface area contributed by atoms with Crippen LogP contribution in [-0.4, -0.2) is 49.3 Å². The molecule has 2 N–H and O–H groups in total. The number of benzene rings is 1. The van der Waals surface area contributed by atoms with Crippen molar-refractivity contribution < 1.29 is 9.53 Å². The smallest absolute Gasteiger partial charge is 0.412 e. The molecule has 0 radical (unpaired) electrons. The maximum atomic E-state index is 11.8. The van der Waals surface area contributed by atoms with Gasteiger partial charge < -0.3 is 15.0 Å². The largest absolute Gasteiger partial charge is 0.444 e. The van der Waals surface area contributed by atoms with Crippen molar-refractivity contribution in [3.05, 3.63) is 29.8 Å². The highest BCUT2D eigenvalue weighted by molar-refractivity contribution is 5.84. The number of rotatable bonds is 4. The molecule has 1 saturated heterocycles. The van der Waals surface area contributed by atoms with Gasteiger partial charge in [-0.3, -0.25) is 5.32 Å². The van der Waals surface area contributed by atoms with Gasteiger partial charge in [0.2, 0.25) is 0 Å². The highest BCUT2D eigenvalue weighted by Gasteiger charge is 2.16. The Balaban J connectivity index is 1.85. The van der Waals surface area contributed by atoms with Crippen LogP contribution in [-0.2, 0) is 11.2 Å². The van der Waals surface area contributed by atoms with Gasteiger partial charge in [-0.1, -0.05) is 12.1 Å². The van der Waals surface area contributed by atoms with Crippen molar-refractivity contribution in [2.45, 2.75) is 32.8 Å². The number of ether oxygens (including phenoxy) is 1. The first-order chi connectivity index (χ1) is 10.4. The molecule has 0 atom stereocenters. The van der Waals surface area contributed by atoms with E-state index in [9.17, 15) is 4.79 Å². The molecule has 0 aromatic heterocycles. The summed E-state index contributed by atoms with van der Waals surface area (Å²) in [4.78, 5) is 14.3. The second-order valence-electron chi connectivity index (χ2n) is 6.67. The van der Waals surface area contributed by atoms with E-state index in [0.29, 0.717) is 0 Å². The molecule has 0 unspecified atom stereocenters. The number of amides is 1. The van der Waals surface area contributed by atoms with Crippen molar-refractivity contribution in [2.24, 2.45) is 0 Å². The lowest BCUT2D eigenvalue weighted by atomic mass is 10.1. The third-order valence-electron chi connectivity index (χ3n) is 3.50. The van der Waals surface area contributed by atoms with Gasteiger partial charge in [0.25, 0.3) is 0 Å². The number of nitrogens with one attached hydrogen (secondary N) is 2. The molecule has 1 aliphatic rings. The van der Waals surface area contributed by atoms with Crippen LogP contribution >= 0.6 is 0 Å². The summed E-state index contributed by atoms with van der Waals surface area (Å²) < 4.78 is 5.27. The van der Waals surface area contributed by atoms with E-state index in [-0.39, 0.29) is 0 Å². The van der Waals surface area contributed by atoms with Gasteiger partial charge in [0, 0.05) is 38.4 Å². The summed E-state index contributed by atoms with van der Waals surface area (Å²) >= 11 is 0. The van der Waals surface area contributed by atoms with Gasteiger partial charge in [0.05, 0.1) is 0 Å². The van der Waals surface area contributed by atoms with Gasteiger partial charge in [-0.25, -0.2) is 4.79 Å². The van der Waals surface area contributed by atoms with E-state index in [2.05, 4.69) is 21.6 Å². The molecule has 1 amide bonds. The maximum Gasteiger partial charge on any atom is 0.412 e. The summed E-state index contributed by atoms with van der Waals surface area (Å²) in [5, 5.41) is 6.15. The molecule has 1 fully saturated rings. The van der Waals surface area contributed by atoms with Crippen LogP contribution in [0.5, 0.6) is 0 Å². The third-order valence-corrected chi connectivity index (χ3v) is 3.50. The van der Waals surface area contributed by atoms with Crippen molar-refractivity contribution in [1.82, 2.24) is 10.2 Å². The number of anilines is 1. The lowest BCUT2D eigenvalue weighted by molar-refractivity contribution is 0.0636. The quantitative estimate of drug-likeness (QED) is 0.897. The molecule has 2 rings (SSSR count). The average molecular weight is 305 g/mol. The Bertz CT molecular complexity index is 491. The molecule has 0 saturated carbocycles. The standard InChI is InChI=1S/C17H27N3O2/c1-17(2,3)22-16(21)19-15-6-4-5-14(13-15)7-10-20-11-8-18-9-12-20/h4-6,13,18H,7-12H2,1-3H3,(H,19,21). The minimum Gasteiger partial charge on any atom is -0.444 e. The molecule has 22 heavy (non-hydrogen) atoms. The Morgan fingerprint density at radius 2 is 2.05 bits per heavy atom. The number of nitrogens with zero attached hydrogens (tertiary/aromatic N) is 1. The Labute approximate surface area is 133 Å². The molecule has 5 heteroatoms. The summed E-state index contributed by atoms with van der Waals surface area (Å²) in [6, 6.07) is 7.98. The van der Waals surface area contributed by atoms with Crippen molar-refractivity contribution in [3.8, 4) is 0 Å². The highest BCUT2D eigenvalue weighted by Crippen LogP contribution is 2.14. The predicted octanol–water partition coefficient (Wildman–Crippen LogP) is 2.48. The van der Waals surface area contributed by atoms with E-state index in [1.54, 1.807) is 0 Å². The van der Waals surface area contributed by atoms with Gasteiger partial charge in [-0.2, -0.15) is 0 Å². The van der Waals surface area contributed by atoms with E-state index >= 15 is 0 Å². The highest BCUT2D eigenvalue weighted by atomic mass is 16.6. The SMILES string of the molecule is CC(C)(C)OC(=O)Nc1cccc(CCN2CCNCC2)c1. The van der Waals surface area contributed by atoms with Crippen LogP contribution in [0.3, 0.4) is 0 Å². The van der Waals surface area contributed by atoms with Crippen LogP contribution < -0.4 is 10.6 Å². The molecule has 0 spiro atoms. The second kappa shape index (κ2) is 7.61. The fourth-order valence-electron chi connectivity index (χ4n) is 2.45. The fourth-order valence-corrected chi connectivity index (χ4v) is 2.45. The number of carbonyl (C=O) groups excluding carboxylic acids is 1. The van der Waals surface area contributed by atoms with Gasteiger partial charge in [0.1, 0.15) is 5.60 Å². The van der Waals surface area contributed by atoms with Crippen LogP contribution in [0.15, 0.2) is 24.3 Å². The van der Waals surface area contributed by atoms with E-state index in [1.807, 2.05) is 39.0 Å². The Morgan fingerprint density at radius 1 is 1.32 bits per heavy atom. The molecular weight excluding hydrogens is 278 g/mol. The lowest BCUT2D eigenvalue weighted by Gasteiger charge is -2.27. The lowest BCUT2D eigenvalue weighted by Crippen LogP contribution is -2.44. The summed E-state index contributed by atoms with van der Waals surface area (Å²) in [5.41, 5.74) is 1.53. The minimum atomic E-state index is -0.482. The fraction of sp³-hybridized carbons (Fsp3) is 0.588. The van der Waals surface area contributed by atoms with Crippen LogP contribution in [0.4, 0.5) is 10.5 Å². The third kappa shape index (κ3) is 6.03. The van der Waals surface area contributed by atoms with E-state index in [1.165, 1.54) is 5.56 Å². The molecule has 1 aromatic carbocycles. The van der Waals surface area contributed by atoms with Gasteiger partial charge >= 0.3 is 6.09 Å². The first-order valence-corrected chi connectivity index (χ1v) is 7.94. The Kier molecular flexibility index (Phi) is 5.80. The molecule has 1 heterocycles. The van der Waals surface area contributed by atoms with Crippen LogP contribution in [0.2, 0.25) is 0 Å². The van der Waals surface area contributed by atoms with Crippen LogP contribution in [0, 0.1) is 0 Å². The summed E-state index contributed by atoms with van der Waals surface area (Å²) in [7, 11) is 0. The predicted molar refractivity (Wildman–Crippen MR) is 89.3 cm³/mol. The van der Waals surface area contributed by atoms with Crippen LogP contribution in [0.1, 0.15) is 26.3 Å². The zero-order valence-electron chi connectivity index (χ0n) is 13.8. The first-order valence-electron chi connectivity index (χ1n) is 7.94. The van der Waals surface area contributed by atoms with Crippen LogP contribution in [0.25, 0.3) is 0 Å². The van der Waals surface area contributed by atoms with Crippen molar-refractivity contribution in [3.63, 3.8) is 0 Å². The molecule has 1 aromatic rings. The zero-order valence-corrected chi connectivity index (χ0v) is 13.8. The molecule has 0 aliphatic carbocycles. The molecule has 0 bridgehead atoms. The normalized spacial score (nSPS) is 16.3. The number of piperazine rings is 1.